The van der Waals surface area contributed by atoms with Crippen LogP contribution in [-0.2, 0) is 0 Å². The van der Waals surface area contributed by atoms with E-state index in [2.05, 4.69) is 10.6 Å². The van der Waals surface area contributed by atoms with Crippen molar-refractivity contribution in [2.45, 2.75) is 13.8 Å². The van der Waals surface area contributed by atoms with Gasteiger partial charge in [0.05, 0.1) is 12.3 Å². The molecule has 0 saturated carbocycles. The first-order valence-corrected chi connectivity index (χ1v) is 7.55. The van der Waals surface area contributed by atoms with E-state index in [9.17, 15) is 9.90 Å². The number of aryl methyl sites for hydroxylation is 1. The number of carbonyl (C=O) groups excluding carboxylic acids is 1. The molecule has 0 bridgehead atoms. The molecule has 0 atom stereocenters. The molecular formula is C17H18N2O3S. The average molecular weight is 330 g/mol. The average Bonchev–Trinajstić information content (AvgIpc) is 2.52. The molecule has 0 aromatic heterocycles. The second-order valence-electron chi connectivity index (χ2n) is 4.89. The molecule has 0 radical (unpaired) electrons. The zero-order valence-electron chi connectivity index (χ0n) is 12.9. The Balaban J connectivity index is 1.99. The molecule has 2 rings (SSSR count). The molecule has 0 aliphatic carbocycles. The number of aromatic hydroxyl groups is 1. The van der Waals surface area contributed by atoms with Crippen LogP contribution in [0, 0.1) is 6.92 Å². The third-order valence-corrected chi connectivity index (χ3v) is 3.26. The fourth-order valence-electron chi connectivity index (χ4n) is 1.95. The monoisotopic (exact) mass is 330 g/mol. The van der Waals surface area contributed by atoms with Gasteiger partial charge in [-0.3, -0.25) is 10.1 Å². The number of hydrogen-bond donors (Lipinski definition) is 3. The van der Waals surface area contributed by atoms with Crippen molar-refractivity contribution in [1.82, 2.24) is 5.32 Å². The van der Waals surface area contributed by atoms with Crippen LogP contribution in [0.1, 0.15) is 22.8 Å². The standard InChI is InChI=1S/C17H18N2O3S/c1-3-22-13-7-5-12(6-8-13)16(21)19-17(23)18-14-10-11(2)4-9-15(14)20/h4-10,20H,3H2,1-2H3,(H2,18,19,21,23). The van der Waals surface area contributed by atoms with Crippen molar-refractivity contribution in [3.05, 3.63) is 53.6 Å². The van der Waals surface area contributed by atoms with E-state index in [1.54, 1.807) is 42.5 Å². The van der Waals surface area contributed by atoms with Crippen LogP contribution in [0.3, 0.4) is 0 Å². The maximum Gasteiger partial charge on any atom is 0.257 e. The van der Waals surface area contributed by atoms with Crippen molar-refractivity contribution in [3.63, 3.8) is 0 Å². The lowest BCUT2D eigenvalue weighted by molar-refractivity contribution is 0.0977. The summed E-state index contributed by atoms with van der Waals surface area (Å²) < 4.78 is 5.33. The summed E-state index contributed by atoms with van der Waals surface area (Å²) in [5.74, 6) is 0.431. The van der Waals surface area contributed by atoms with Crippen molar-refractivity contribution in [3.8, 4) is 11.5 Å². The van der Waals surface area contributed by atoms with Crippen LogP contribution in [0.5, 0.6) is 11.5 Å². The topological polar surface area (TPSA) is 70.6 Å². The second kappa shape index (κ2) is 7.60. The number of anilines is 1. The third kappa shape index (κ3) is 4.69. The lowest BCUT2D eigenvalue weighted by Crippen LogP contribution is -2.34. The van der Waals surface area contributed by atoms with Crippen molar-refractivity contribution in [2.75, 3.05) is 11.9 Å². The van der Waals surface area contributed by atoms with E-state index in [0.717, 1.165) is 5.56 Å². The Labute approximate surface area is 140 Å². The number of phenolic OH excluding ortho intramolecular Hbond substituents is 1. The van der Waals surface area contributed by atoms with E-state index in [4.69, 9.17) is 17.0 Å². The molecule has 6 heteroatoms. The smallest absolute Gasteiger partial charge is 0.257 e. The molecule has 0 aliphatic heterocycles. The minimum absolute atomic E-state index is 0.0632. The number of thiocarbonyl (C=S) groups is 1. The highest BCUT2D eigenvalue weighted by molar-refractivity contribution is 7.80. The normalized spacial score (nSPS) is 10.0. The Morgan fingerprint density at radius 1 is 1.22 bits per heavy atom. The largest absolute Gasteiger partial charge is 0.506 e. The van der Waals surface area contributed by atoms with E-state index in [0.29, 0.717) is 23.6 Å². The lowest BCUT2D eigenvalue weighted by Gasteiger charge is -2.11. The number of benzene rings is 2. The number of nitrogens with one attached hydrogen (secondary N) is 2. The molecule has 0 spiro atoms. The quantitative estimate of drug-likeness (QED) is 0.593. The van der Waals surface area contributed by atoms with E-state index >= 15 is 0 Å². The fourth-order valence-corrected chi connectivity index (χ4v) is 2.15. The van der Waals surface area contributed by atoms with Gasteiger partial charge in [-0.25, -0.2) is 0 Å². The van der Waals surface area contributed by atoms with Gasteiger partial charge in [-0.2, -0.15) is 0 Å². The zero-order valence-corrected chi connectivity index (χ0v) is 13.7. The highest BCUT2D eigenvalue weighted by Crippen LogP contribution is 2.23. The maximum absolute atomic E-state index is 12.1. The minimum Gasteiger partial charge on any atom is -0.506 e. The summed E-state index contributed by atoms with van der Waals surface area (Å²) in [6.07, 6.45) is 0. The predicted octanol–water partition coefficient (Wildman–Crippen LogP) is 3.23. The van der Waals surface area contributed by atoms with Crippen molar-refractivity contribution in [2.24, 2.45) is 0 Å². The van der Waals surface area contributed by atoms with Gasteiger partial charge in [0, 0.05) is 5.56 Å². The molecule has 0 unspecified atom stereocenters. The summed E-state index contributed by atoms with van der Waals surface area (Å²) in [5.41, 5.74) is 1.87. The summed E-state index contributed by atoms with van der Waals surface area (Å²) in [6.45, 7) is 4.36. The summed E-state index contributed by atoms with van der Waals surface area (Å²) in [7, 11) is 0. The Morgan fingerprint density at radius 2 is 1.91 bits per heavy atom. The Hall–Kier alpha value is -2.60. The van der Waals surface area contributed by atoms with E-state index in [1.807, 2.05) is 13.8 Å². The first-order valence-electron chi connectivity index (χ1n) is 7.14. The van der Waals surface area contributed by atoms with Crippen LogP contribution >= 0.6 is 12.2 Å². The molecule has 2 aromatic carbocycles. The van der Waals surface area contributed by atoms with Gasteiger partial charge in [-0.15, -0.1) is 0 Å². The number of rotatable bonds is 4. The van der Waals surface area contributed by atoms with Crippen LogP contribution in [0.4, 0.5) is 5.69 Å². The fraction of sp³-hybridized carbons (Fsp3) is 0.176. The summed E-state index contributed by atoms with van der Waals surface area (Å²) in [4.78, 5) is 12.1. The summed E-state index contributed by atoms with van der Waals surface area (Å²) >= 11 is 5.10. The van der Waals surface area contributed by atoms with Crippen molar-refractivity contribution < 1.29 is 14.6 Å². The van der Waals surface area contributed by atoms with E-state index < -0.39 is 0 Å². The predicted molar refractivity (Wildman–Crippen MR) is 94.1 cm³/mol. The summed E-state index contributed by atoms with van der Waals surface area (Å²) in [5, 5.41) is 15.3. The Bertz CT molecular complexity index is 714. The molecule has 0 heterocycles. The molecule has 23 heavy (non-hydrogen) atoms. The minimum atomic E-state index is -0.335. The molecule has 3 N–H and O–H groups in total. The van der Waals surface area contributed by atoms with Gasteiger partial charge in [0.1, 0.15) is 11.5 Å². The Morgan fingerprint density at radius 3 is 2.57 bits per heavy atom. The first kappa shape index (κ1) is 16.8. The molecule has 5 nitrogen and oxygen atoms in total. The van der Waals surface area contributed by atoms with Gasteiger partial charge in [0.2, 0.25) is 0 Å². The van der Waals surface area contributed by atoms with Crippen LogP contribution in [0.15, 0.2) is 42.5 Å². The number of hydrogen-bond acceptors (Lipinski definition) is 4. The van der Waals surface area contributed by atoms with Gasteiger partial charge < -0.3 is 15.2 Å². The van der Waals surface area contributed by atoms with Crippen LogP contribution in [-0.4, -0.2) is 22.7 Å². The van der Waals surface area contributed by atoms with Gasteiger partial charge in [0.15, 0.2) is 5.11 Å². The second-order valence-corrected chi connectivity index (χ2v) is 5.29. The highest BCUT2D eigenvalue weighted by atomic mass is 32.1. The van der Waals surface area contributed by atoms with Gasteiger partial charge in [0.25, 0.3) is 5.91 Å². The maximum atomic E-state index is 12.1. The Kier molecular flexibility index (Phi) is 5.54. The molecule has 120 valence electrons. The van der Waals surface area contributed by atoms with Crippen molar-refractivity contribution >= 4 is 28.9 Å². The van der Waals surface area contributed by atoms with Crippen molar-refractivity contribution in [1.29, 1.82) is 0 Å². The van der Waals surface area contributed by atoms with E-state index in [-0.39, 0.29) is 16.8 Å². The van der Waals surface area contributed by atoms with E-state index in [1.165, 1.54) is 0 Å². The van der Waals surface area contributed by atoms with Crippen LogP contribution in [0.25, 0.3) is 0 Å². The number of phenols is 1. The van der Waals surface area contributed by atoms with Gasteiger partial charge in [-0.05, 0) is 68.0 Å². The van der Waals surface area contributed by atoms with Crippen LogP contribution < -0.4 is 15.4 Å². The number of ether oxygens (including phenoxy) is 1. The lowest BCUT2D eigenvalue weighted by atomic mass is 10.2. The number of amides is 1. The highest BCUT2D eigenvalue weighted by Gasteiger charge is 2.09. The van der Waals surface area contributed by atoms with Gasteiger partial charge >= 0.3 is 0 Å². The number of carbonyl (C=O) groups is 1. The molecular weight excluding hydrogens is 312 g/mol. The molecule has 0 fully saturated rings. The van der Waals surface area contributed by atoms with Gasteiger partial charge in [-0.1, -0.05) is 6.07 Å². The third-order valence-electron chi connectivity index (χ3n) is 3.05. The molecule has 0 saturated heterocycles. The summed E-state index contributed by atoms with van der Waals surface area (Å²) in [6, 6.07) is 11.9. The molecule has 0 aliphatic rings. The molecule has 1 amide bonds. The first-order chi connectivity index (χ1) is 11.0. The SMILES string of the molecule is CCOc1ccc(C(=O)NC(=S)Nc2cc(C)ccc2O)cc1. The molecule has 2 aromatic rings. The van der Waals surface area contributed by atoms with Crippen LogP contribution in [0.2, 0.25) is 0 Å². The zero-order chi connectivity index (χ0) is 16.8.